The van der Waals surface area contributed by atoms with Crippen LogP contribution in [0, 0.1) is 0 Å². The van der Waals surface area contributed by atoms with E-state index in [9.17, 15) is 9.59 Å². The van der Waals surface area contributed by atoms with Crippen LogP contribution in [0.1, 0.15) is 6.42 Å². The Kier molecular flexibility index (Phi) is 8.32. The fourth-order valence-corrected chi connectivity index (χ4v) is 2.08. The largest absolute Gasteiger partial charge is 0.378 e. The molecule has 6 nitrogen and oxygen atoms in total. The summed E-state index contributed by atoms with van der Waals surface area (Å²) in [5.41, 5.74) is 0.900. The summed E-state index contributed by atoms with van der Waals surface area (Å²) in [7, 11) is 0. The third kappa shape index (κ3) is 6.32. The van der Waals surface area contributed by atoms with Gasteiger partial charge >= 0.3 is 0 Å². The van der Waals surface area contributed by atoms with Crippen molar-refractivity contribution >= 4 is 29.9 Å². The van der Waals surface area contributed by atoms with E-state index in [-0.39, 0.29) is 30.8 Å². The highest BCUT2D eigenvalue weighted by atomic mass is 35.5. The van der Waals surface area contributed by atoms with Crippen molar-refractivity contribution in [2.75, 3.05) is 44.7 Å². The Morgan fingerprint density at radius 1 is 1.14 bits per heavy atom. The monoisotopic (exact) mass is 327 g/mol. The van der Waals surface area contributed by atoms with Gasteiger partial charge in [0.05, 0.1) is 19.8 Å². The number of hydrogen-bond acceptors (Lipinski definition) is 4. The quantitative estimate of drug-likeness (QED) is 0.814. The van der Waals surface area contributed by atoms with E-state index >= 15 is 0 Å². The number of hydrogen-bond donors (Lipinski definition) is 2. The lowest BCUT2D eigenvalue weighted by molar-refractivity contribution is -0.135. The Morgan fingerprint density at radius 3 is 2.50 bits per heavy atom. The average molecular weight is 328 g/mol. The van der Waals surface area contributed by atoms with E-state index in [4.69, 9.17) is 4.74 Å². The van der Waals surface area contributed by atoms with Gasteiger partial charge in [-0.1, -0.05) is 18.2 Å². The van der Waals surface area contributed by atoms with Gasteiger partial charge in [-0.2, -0.15) is 0 Å². The third-order valence-corrected chi connectivity index (χ3v) is 3.25. The SMILES string of the molecule is Cl.O=C(CNc1ccccc1)NCCC(=O)N1CCOCC1. The Labute approximate surface area is 136 Å². The number of carbonyl (C=O) groups is 2. The number of nitrogens with one attached hydrogen (secondary N) is 2. The standard InChI is InChI=1S/C15H21N3O3.ClH/c19-14(12-17-13-4-2-1-3-5-13)16-7-6-15(20)18-8-10-21-11-9-18;/h1-5,17H,6-12H2,(H,16,19);1H. The number of ether oxygens (including phenoxy) is 1. The second kappa shape index (κ2) is 10.0. The van der Waals surface area contributed by atoms with Crippen LogP contribution >= 0.6 is 12.4 Å². The zero-order valence-electron chi connectivity index (χ0n) is 12.4. The van der Waals surface area contributed by atoms with Crippen molar-refractivity contribution < 1.29 is 14.3 Å². The summed E-state index contributed by atoms with van der Waals surface area (Å²) in [5.74, 6) is -0.0525. The first-order valence-corrected chi connectivity index (χ1v) is 7.17. The zero-order valence-corrected chi connectivity index (χ0v) is 13.2. The molecule has 0 radical (unpaired) electrons. The molecule has 0 atom stereocenters. The van der Waals surface area contributed by atoms with Crippen LogP contribution < -0.4 is 10.6 Å². The Balaban J connectivity index is 0.00000242. The summed E-state index contributed by atoms with van der Waals surface area (Å²) in [5, 5.41) is 5.76. The molecule has 0 saturated carbocycles. The molecule has 22 heavy (non-hydrogen) atoms. The number of carbonyl (C=O) groups excluding carboxylic acids is 2. The highest BCUT2D eigenvalue weighted by molar-refractivity contribution is 5.85. The first-order chi connectivity index (χ1) is 10.3. The number of anilines is 1. The minimum absolute atomic E-state index is 0. The molecule has 2 amide bonds. The molecule has 1 aliphatic rings. The number of nitrogens with zero attached hydrogens (tertiary/aromatic N) is 1. The molecule has 0 spiro atoms. The Hall–Kier alpha value is -1.79. The van der Waals surface area contributed by atoms with Crippen LogP contribution in [-0.2, 0) is 14.3 Å². The number of morpholine rings is 1. The van der Waals surface area contributed by atoms with E-state index in [0.29, 0.717) is 39.3 Å². The summed E-state index contributed by atoms with van der Waals surface area (Å²) in [6, 6.07) is 9.52. The lowest BCUT2D eigenvalue weighted by Crippen LogP contribution is -2.42. The highest BCUT2D eigenvalue weighted by Crippen LogP contribution is 2.03. The van der Waals surface area contributed by atoms with Crippen molar-refractivity contribution in [2.24, 2.45) is 0 Å². The smallest absolute Gasteiger partial charge is 0.239 e. The van der Waals surface area contributed by atoms with Gasteiger partial charge in [-0.3, -0.25) is 9.59 Å². The van der Waals surface area contributed by atoms with Crippen molar-refractivity contribution in [2.45, 2.75) is 6.42 Å². The summed E-state index contributed by atoms with van der Waals surface area (Å²) in [6.07, 6.45) is 0.330. The molecule has 1 heterocycles. The predicted molar refractivity (Wildman–Crippen MR) is 87.2 cm³/mol. The van der Waals surface area contributed by atoms with Gasteiger partial charge in [-0.15, -0.1) is 12.4 Å². The molecular weight excluding hydrogens is 306 g/mol. The van der Waals surface area contributed by atoms with Crippen LogP contribution in [0.3, 0.4) is 0 Å². The molecule has 1 aliphatic heterocycles. The van der Waals surface area contributed by atoms with Crippen LogP contribution in [0.2, 0.25) is 0 Å². The maximum atomic E-state index is 11.9. The maximum absolute atomic E-state index is 11.9. The van der Waals surface area contributed by atoms with Gasteiger partial charge in [-0.25, -0.2) is 0 Å². The second-order valence-electron chi connectivity index (χ2n) is 4.81. The fraction of sp³-hybridized carbons (Fsp3) is 0.467. The molecular formula is C15H22ClN3O3. The van der Waals surface area contributed by atoms with Gasteiger partial charge < -0.3 is 20.3 Å². The third-order valence-electron chi connectivity index (χ3n) is 3.25. The van der Waals surface area contributed by atoms with Crippen LogP contribution in [-0.4, -0.2) is 56.1 Å². The topological polar surface area (TPSA) is 70.7 Å². The normalized spacial score (nSPS) is 13.9. The van der Waals surface area contributed by atoms with E-state index in [1.165, 1.54) is 0 Å². The first kappa shape index (κ1) is 18.3. The lowest BCUT2D eigenvalue weighted by Gasteiger charge is -2.26. The van der Waals surface area contributed by atoms with Gasteiger partial charge in [0, 0.05) is 31.7 Å². The van der Waals surface area contributed by atoms with E-state index in [2.05, 4.69) is 10.6 Å². The van der Waals surface area contributed by atoms with Crippen molar-refractivity contribution in [3.05, 3.63) is 30.3 Å². The van der Waals surface area contributed by atoms with Crippen molar-refractivity contribution in [1.29, 1.82) is 0 Å². The number of rotatable bonds is 6. The van der Waals surface area contributed by atoms with E-state index in [1.54, 1.807) is 4.90 Å². The summed E-state index contributed by atoms with van der Waals surface area (Å²) in [6.45, 7) is 3.05. The molecule has 7 heteroatoms. The zero-order chi connectivity index (χ0) is 14.9. The summed E-state index contributed by atoms with van der Waals surface area (Å²) >= 11 is 0. The molecule has 0 bridgehead atoms. The molecule has 2 rings (SSSR count). The molecule has 0 unspecified atom stereocenters. The second-order valence-corrected chi connectivity index (χ2v) is 4.81. The first-order valence-electron chi connectivity index (χ1n) is 7.17. The fourth-order valence-electron chi connectivity index (χ4n) is 2.08. The maximum Gasteiger partial charge on any atom is 0.239 e. The van der Waals surface area contributed by atoms with Crippen LogP contribution in [0.5, 0.6) is 0 Å². The number of benzene rings is 1. The molecule has 122 valence electrons. The minimum atomic E-state index is -0.117. The summed E-state index contributed by atoms with van der Waals surface area (Å²) in [4.78, 5) is 25.3. The molecule has 1 aromatic rings. The van der Waals surface area contributed by atoms with E-state index in [1.807, 2.05) is 30.3 Å². The molecule has 1 aromatic carbocycles. The number of amides is 2. The molecule has 0 aliphatic carbocycles. The van der Waals surface area contributed by atoms with Gasteiger partial charge in [0.25, 0.3) is 0 Å². The molecule has 1 saturated heterocycles. The number of para-hydroxylation sites is 1. The van der Waals surface area contributed by atoms with Gasteiger partial charge in [0.15, 0.2) is 0 Å². The van der Waals surface area contributed by atoms with Crippen LogP contribution in [0.25, 0.3) is 0 Å². The highest BCUT2D eigenvalue weighted by Gasteiger charge is 2.16. The van der Waals surface area contributed by atoms with Crippen molar-refractivity contribution in [3.63, 3.8) is 0 Å². The average Bonchev–Trinajstić information content (AvgIpc) is 2.54. The van der Waals surface area contributed by atoms with Crippen molar-refractivity contribution in [1.82, 2.24) is 10.2 Å². The number of halogens is 1. The molecule has 1 fully saturated rings. The predicted octanol–water partition coefficient (Wildman–Crippen LogP) is 0.885. The van der Waals surface area contributed by atoms with Crippen molar-refractivity contribution in [3.8, 4) is 0 Å². The lowest BCUT2D eigenvalue weighted by atomic mass is 10.3. The summed E-state index contributed by atoms with van der Waals surface area (Å²) < 4.78 is 5.19. The minimum Gasteiger partial charge on any atom is -0.378 e. The van der Waals surface area contributed by atoms with Crippen LogP contribution in [0.4, 0.5) is 5.69 Å². The Morgan fingerprint density at radius 2 is 1.82 bits per heavy atom. The van der Waals surface area contributed by atoms with E-state index in [0.717, 1.165) is 5.69 Å². The molecule has 2 N–H and O–H groups in total. The van der Waals surface area contributed by atoms with Gasteiger partial charge in [0.2, 0.25) is 11.8 Å². The van der Waals surface area contributed by atoms with Crippen LogP contribution in [0.15, 0.2) is 30.3 Å². The van der Waals surface area contributed by atoms with Gasteiger partial charge in [0.1, 0.15) is 0 Å². The van der Waals surface area contributed by atoms with E-state index < -0.39 is 0 Å². The Bertz CT molecular complexity index is 464. The van der Waals surface area contributed by atoms with Gasteiger partial charge in [-0.05, 0) is 12.1 Å². The molecule has 0 aromatic heterocycles.